The zero-order valence-electron chi connectivity index (χ0n) is 11.7. The van der Waals surface area contributed by atoms with E-state index in [1.807, 2.05) is 18.2 Å². The molecule has 2 heterocycles. The molecule has 0 spiro atoms. The van der Waals surface area contributed by atoms with Crippen molar-refractivity contribution in [2.24, 2.45) is 5.73 Å². The van der Waals surface area contributed by atoms with Gasteiger partial charge in [0.2, 0.25) is 17.7 Å². The van der Waals surface area contributed by atoms with Crippen molar-refractivity contribution in [2.75, 3.05) is 11.4 Å². The smallest absolute Gasteiger partial charge is 0.240 e. The first-order valence-corrected chi connectivity index (χ1v) is 6.89. The Morgan fingerprint density at radius 2 is 2.09 bits per heavy atom. The fraction of sp³-hybridized carbons (Fsp3) is 0.267. The third-order valence-electron chi connectivity index (χ3n) is 3.42. The standard InChI is InChI=1S/C15H15FN4O2/c16-10-8-12(14(17)21)20(9-10)15-18-7-6-13(19-15)22-11-4-2-1-3-5-11/h1-7,10,12H,8-9H2,(H2,17,21)/t10-,12+/m1/s1. The van der Waals surface area contributed by atoms with Crippen LogP contribution in [0.5, 0.6) is 11.6 Å². The van der Waals surface area contributed by atoms with Crippen LogP contribution in [-0.2, 0) is 4.79 Å². The Bertz CT molecular complexity index is 668. The van der Waals surface area contributed by atoms with Gasteiger partial charge in [0.1, 0.15) is 18.0 Å². The number of hydrogen-bond acceptors (Lipinski definition) is 5. The number of halogens is 1. The number of aromatic nitrogens is 2. The average molecular weight is 302 g/mol. The predicted molar refractivity (Wildman–Crippen MR) is 78.4 cm³/mol. The second-order valence-electron chi connectivity index (χ2n) is 5.01. The van der Waals surface area contributed by atoms with Gasteiger partial charge in [0, 0.05) is 18.7 Å². The molecule has 1 saturated heterocycles. The van der Waals surface area contributed by atoms with Gasteiger partial charge in [-0.2, -0.15) is 4.98 Å². The lowest BCUT2D eigenvalue weighted by atomic mass is 10.2. The van der Waals surface area contributed by atoms with Crippen LogP contribution in [-0.4, -0.2) is 34.6 Å². The molecule has 7 heteroatoms. The lowest BCUT2D eigenvalue weighted by Gasteiger charge is -2.21. The van der Waals surface area contributed by atoms with E-state index in [1.165, 1.54) is 11.1 Å². The van der Waals surface area contributed by atoms with Crippen molar-refractivity contribution in [3.8, 4) is 11.6 Å². The summed E-state index contributed by atoms with van der Waals surface area (Å²) >= 11 is 0. The molecule has 0 bridgehead atoms. The Kier molecular flexibility index (Phi) is 3.86. The van der Waals surface area contributed by atoms with E-state index in [0.717, 1.165) is 0 Å². The molecule has 3 rings (SSSR count). The molecular formula is C15H15FN4O2. The molecule has 6 nitrogen and oxygen atoms in total. The molecule has 2 N–H and O–H groups in total. The summed E-state index contributed by atoms with van der Waals surface area (Å²) < 4.78 is 19.2. The highest BCUT2D eigenvalue weighted by Crippen LogP contribution is 2.26. The monoisotopic (exact) mass is 302 g/mol. The normalized spacial score (nSPS) is 20.9. The maximum Gasteiger partial charge on any atom is 0.240 e. The van der Waals surface area contributed by atoms with Gasteiger partial charge in [0.05, 0.1) is 6.54 Å². The molecule has 1 aliphatic heterocycles. The minimum Gasteiger partial charge on any atom is -0.439 e. The highest BCUT2D eigenvalue weighted by molar-refractivity contribution is 5.83. The second-order valence-corrected chi connectivity index (χ2v) is 5.01. The zero-order valence-corrected chi connectivity index (χ0v) is 11.7. The van der Waals surface area contributed by atoms with Gasteiger partial charge >= 0.3 is 0 Å². The van der Waals surface area contributed by atoms with Crippen molar-refractivity contribution in [2.45, 2.75) is 18.6 Å². The van der Waals surface area contributed by atoms with E-state index in [1.54, 1.807) is 18.2 Å². The van der Waals surface area contributed by atoms with Gasteiger partial charge in [-0.1, -0.05) is 18.2 Å². The Morgan fingerprint density at radius 1 is 1.32 bits per heavy atom. The molecule has 1 fully saturated rings. The lowest BCUT2D eigenvalue weighted by molar-refractivity contribution is -0.119. The number of carbonyl (C=O) groups excluding carboxylic acids is 1. The number of carbonyl (C=O) groups is 1. The molecular weight excluding hydrogens is 287 g/mol. The van der Waals surface area contributed by atoms with Crippen LogP contribution < -0.4 is 15.4 Å². The van der Waals surface area contributed by atoms with Crippen molar-refractivity contribution in [1.82, 2.24) is 9.97 Å². The number of anilines is 1. The number of rotatable bonds is 4. The predicted octanol–water partition coefficient (Wildman–Crippen LogP) is 1.67. The number of nitrogens with two attached hydrogens (primary N) is 1. The molecule has 114 valence electrons. The van der Waals surface area contributed by atoms with Crippen LogP contribution in [0.15, 0.2) is 42.6 Å². The van der Waals surface area contributed by atoms with Crippen LogP contribution in [0, 0.1) is 0 Å². The van der Waals surface area contributed by atoms with Crippen molar-refractivity contribution in [1.29, 1.82) is 0 Å². The first kappa shape index (κ1) is 14.2. The number of amides is 1. The Morgan fingerprint density at radius 3 is 2.82 bits per heavy atom. The van der Waals surface area contributed by atoms with Crippen molar-refractivity contribution >= 4 is 11.9 Å². The third kappa shape index (κ3) is 2.98. The third-order valence-corrected chi connectivity index (χ3v) is 3.42. The summed E-state index contributed by atoms with van der Waals surface area (Å²) in [5.74, 6) is 0.598. The molecule has 0 radical (unpaired) electrons. The molecule has 0 unspecified atom stereocenters. The molecule has 22 heavy (non-hydrogen) atoms. The zero-order chi connectivity index (χ0) is 15.5. The first-order chi connectivity index (χ1) is 10.6. The van der Waals surface area contributed by atoms with Gasteiger partial charge < -0.3 is 15.4 Å². The topological polar surface area (TPSA) is 81.3 Å². The van der Waals surface area contributed by atoms with Crippen molar-refractivity contribution in [3.63, 3.8) is 0 Å². The van der Waals surface area contributed by atoms with Crippen molar-refractivity contribution in [3.05, 3.63) is 42.6 Å². The van der Waals surface area contributed by atoms with Crippen LogP contribution in [0.3, 0.4) is 0 Å². The minimum absolute atomic E-state index is 0.0440. The fourth-order valence-electron chi connectivity index (χ4n) is 2.41. The number of hydrogen-bond donors (Lipinski definition) is 1. The first-order valence-electron chi connectivity index (χ1n) is 6.89. The largest absolute Gasteiger partial charge is 0.439 e. The Labute approximate surface area is 126 Å². The molecule has 1 aromatic carbocycles. The minimum atomic E-state index is -1.13. The molecule has 1 amide bonds. The van der Waals surface area contributed by atoms with E-state index in [9.17, 15) is 9.18 Å². The van der Waals surface area contributed by atoms with Gasteiger partial charge in [0.15, 0.2) is 0 Å². The van der Waals surface area contributed by atoms with Gasteiger partial charge in [-0.25, -0.2) is 9.37 Å². The SMILES string of the molecule is NC(=O)[C@@H]1C[C@@H](F)CN1c1nccc(Oc2ccccc2)n1. The van der Waals surface area contributed by atoms with Crippen LogP contribution in [0.25, 0.3) is 0 Å². The lowest BCUT2D eigenvalue weighted by Crippen LogP contribution is -2.41. The van der Waals surface area contributed by atoms with E-state index in [0.29, 0.717) is 11.6 Å². The number of alkyl halides is 1. The molecule has 1 aliphatic rings. The van der Waals surface area contributed by atoms with E-state index < -0.39 is 18.1 Å². The van der Waals surface area contributed by atoms with Crippen LogP contribution in [0.2, 0.25) is 0 Å². The number of para-hydroxylation sites is 1. The number of ether oxygens (including phenoxy) is 1. The second kappa shape index (κ2) is 5.97. The maximum absolute atomic E-state index is 13.6. The Balaban J connectivity index is 1.83. The van der Waals surface area contributed by atoms with Gasteiger partial charge in [-0.3, -0.25) is 4.79 Å². The molecule has 1 aromatic heterocycles. The Hall–Kier alpha value is -2.70. The summed E-state index contributed by atoms with van der Waals surface area (Å²) in [6, 6.07) is 10.0. The highest BCUT2D eigenvalue weighted by atomic mass is 19.1. The fourth-order valence-corrected chi connectivity index (χ4v) is 2.41. The van der Waals surface area contributed by atoms with Crippen LogP contribution in [0.4, 0.5) is 10.3 Å². The summed E-state index contributed by atoms with van der Waals surface area (Å²) in [5, 5.41) is 0. The van der Waals surface area contributed by atoms with E-state index in [-0.39, 0.29) is 18.9 Å². The number of benzene rings is 1. The van der Waals surface area contributed by atoms with Crippen LogP contribution in [0.1, 0.15) is 6.42 Å². The average Bonchev–Trinajstić information content (AvgIpc) is 2.91. The summed E-state index contributed by atoms with van der Waals surface area (Å²) in [4.78, 5) is 21.2. The van der Waals surface area contributed by atoms with Crippen molar-refractivity contribution < 1.29 is 13.9 Å². The summed E-state index contributed by atoms with van der Waals surface area (Å²) in [6.07, 6.45) is 0.437. The summed E-state index contributed by atoms with van der Waals surface area (Å²) in [5.41, 5.74) is 5.32. The van der Waals surface area contributed by atoms with Gasteiger partial charge in [-0.05, 0) is 12.1 Å². The van der Waals surface area contributed by atoms with E-state index >= 15 is 0 Å². The number of primary amides is 1. The summed E-state index contributed by atoms with van der Waals surface area (Å²) in [6.45, 7) is 0.0440. The van der Waals surface area contributed by atoms with E-state index in [2.05, 4.69) is 9.97 Å². The molecule has 0 aliphatic carbocycles. The van der Waals surface area contributed by atoms with Gasteiger partial charge in [0.25, 0.3) is 0 Å². The highest BCUT2D eigenvalue weighted by Gasteiger charge is 2.37. The van der Waals surface area contributed by atoms with E-state index in [4.69, 9.17) is 10.5 Å². The summed E-state index contributed by atoms with van der Waals surface area (Å²) in [7, 11) is 0. The number of nitrogens with zero attached hydrogens (tertiary/aromatic N) is 3. The molecule has 2 atom stereocenters. The molecule has 2 aromatic rings. The van der Waals surface area contributed by atoms with Gasteiger partial charge in [-0.15, -0.1) is 0 Å². The molecule has 0 saturated carbocycles. The van der Waals surface area contributed by atoms with Crippen LogP contribution >= 0.6 is 0 Å². The maximum atomic E-state index is 13.6. The quantitative estimate of drug-likeness (QED) is 0.929.